The molecule has 3 heterocycles. The smallest absolute Gasteiger partial charge is 0.263 e. The van der Waals surface area contributed by atoms with Crippen LogP contribution in [0, 0.1) is 12.8 Å². The van der Waals surface area contributed by atoms with E-state index in [1.165, 1.54) is 0 Å². The molecule has 178 valence electrons. The summed E-state index contributed by atoms with van der Waals surface area (Å²) in [6.45, 7) is 3.42. The fourth-order valence-corrected chi connectivity index (χ4v) is 5.53. The minimum atomic E-state index is -0.0337. The van der Waals surface area contributed by atoms with Gasteiger partial charge < -0.3 is 14.5 Å². The van der Waals surface area contributed by atoms with E-state index in [4.69, 9.17) is 4.74 Å². The summed E-state index contributed by atoms with van der Waals surface area (Å²) in [4.78, 5) is 36.1. The number of rotatable bonds is 7. The van der Waals surface area contributed by atoms with E-state index >= 15 is 0 Å². The summed E-state index contributed by atoms with van der Waals surface area (Å²) < 4.78 is 5.41. The number of carbonyl (C=O) groups is 2. The molecule has 1 fully saturated rings. The van der Waals surface area contributed by atoms with Gasteiger partial charge in [0, 0.05) is 43.4 Å². The Bertz CT molecular complexity index is 1120. The van der Waals surface area contributed by atoms with E-state index in [1.54, 1.807) is 43.0 Å². The first-order valence-corrected chi connectivity index (χ1v) is 12.4. The highest BCUT2D eigenvalue weighted by molar-refractivity contribution is 7.13. The Hall–Kier alpha value is -3.19. The molecular formula is C27H31N3O3S. The lowest BCUT2D eigenvalue weighted by atomic mass is 9.84. The largest absolute Gasteiger partial charge is 0.497 e. The predicted octanol–water partition coefficient (Wildman–Crippen LogP) is 4.70. The molecule has 0 aliphatic carbocycles. The van der Waals surface area contributed by atoms with Crippen LogP contribution in [0.1, 0.15) is 43.3 Å². The van der Waals surface area contributed by atoms with Crippen molar-refractivity contribution < 1.29 is 14.3 Å². The number of nitrogens with zero attached hydrogens (tertiary/aromatic N) is 3. The number of methoxy groups -OCH3 is 1. The number of amides is 2. The number of aromatic nitrogens is 1. The van der Waals surface area contributed by atoms with E-state index in [0.717, 1.165) is 40.3 Å². The van der Waals surface area contributed by atoms with Gasteiger partial charge in [-0.1, -0.05) is 12.1 Å². The molecular weight excluding hydrogens is 446 g/mol. The number of pyridine rings is 1. The van der Waals surface area contributed by atoms with E-state index in [2.05, 4.69) is 11.1 Å². The fourth-order valence-electron chi connectivity index (χ4n) is 4.70. The van der Waals surface area contributed by atoms with E-state index < -0.39 is 0 Å². The Morgan fingerprint density at radius 3 is 2.62 bits per heavy atom. The molecule has 1 atom stereocenters. The molecule has 6 nitrogen and oxygen atoms in total. The Morgan fingerprint density at radius 2 is 1.97 bits per heavy atom. The molecule has 1 aliphatic heterocycles. The van der Waals surface area contributed by atoms with Crippen molar-refractivity contribution in [2.45, 2.75) is 32.2 Å². The second kappa shape index (κ2) is 10.8. The molecule has 1 aromatic carbocycles. The molecule has 1 aliphatic rings. The third-order valence-electron chi connectivity index (χ3n) is 6.63. The molecule has 34 heavy (non-hydrogen) atoms. The van der Waals surface area contributed by atoms with Gasteiger partial charge in [-0.3, -0.25) is 14.6 Å². The van der Waals surface area contributed by atoms with Crippen LogP contribution in [0.4, 0.5) is 0 Å². The molecule has 2 amide bonds. The zero-order valence-corrected chi connectivity index (χ0v) is 20.8. The summed E-state index contributed by atoms with van der Waals surface area (Å²) >= 11 is 1.55. The molecule has 0 saturated carbocycles. The Balaban J connectivity index is 1.51. The summed E-state index contributed by atoms with van der Waals surface area (Å²) in [5, 5.41) is 0. The highest BCUT2D eigenvalue weighted by Gasteiger charge is 2.33. The van der Waals surface area contributed by atoms with Crippen LogP contribution in [0.2, 0.25) is 0 Å². The molecule has 0 spiro atoms. The highest BCUT2D eigenvalue weighted by Crippen LogP contribution is 2.29. The summed E-state index contributed by atoms with van der Waals surface area (Å²) in [5.41, 5.74) is 1.71. The first-order valence-electron chi connectivity index (χ1n) is 11.6. The van der Waals surface area contributed by atoms with Crippen molar-refractivity contribution in [3.63, 3.8) is 0 Å². The molecule has 2 aromatic heterocycles. The van der Waals surface area contributed by atoms with Crippen molar-refractivity contribution in [2.75, 3.05) is 27.2 Å². The van der Waals surface area contributed by atoms with Crippen LogP contribution < -0.4 is 4.74 Å². The van der Waals surface area contributed by atoms with Gasteiger partial charge >= 0.3 is 0 Å². The molecule has 0 N–H and O–H groups in total. The maximum absolute atomic E-state index is 13.3. The molecule has 0 radical (unpaired) electrons. The minimum absolute atomic E-state index is 0.000969. The first kappa shape index (κ1) is 24.0. The molecule has 3 aromatic rings. The Morgan fingerprint density at radius 1 is 1.18 bits per heavy atom. The topological polar surface area (TPSA) is 62.7 Å². The van der Waals surface area contributed by atoms with Gasteiger partial charge in [-0.15, -0.1) is 11.3 Å². The number of hydrogen-bond donors (Lipinski definition) is 0. The van der Waals surface area contributed by atoms with E-state index in [-0.39, 0.29) is 23.8 Å². The van der Waals surface area contributed by atoms with Gasteiger partial charge in [0.15, 0.2) is 0 Å². The van der Waals surface area contributed by atoms with Crippen molar-refractivity contribution in [1.29, 1.82) is 0 Å². The SMILES string of the molecule is COc1cccc(C[C@@H](C2CCN(C(=O)c3ccc(C)s3)CC2)N(C)C(=O)c2cccnc2)c1. The van der Waals surface area contributed by atoms with Gasteiger partial charge in [-0.05, 0) is 74.1 Å². The number of thiophene rings is 1. The van der Waals surface area contributed by atoms with Gasteiger partial charge in [0.2, 0.25) is 0 Å². The van der Waals surface area contributed by atoms with Gasteiger partial charge in [0.1, 0.15) is 5.75 Å². The standard InChI is InChI=1S/C27H31N3O3S/c1-19-9-10-25(34-19)27(32)30-14-11-21(12-15-30)24(17-20-6-4-8-23(16-20)33-3)29(2)26(31)22-7-5-13-28-18-22/h4-10,13,16,18,21,24H,11-12,14-15,17H2,1-3H3/t24-/m0/s1. The maximum Gasteiger partial charge on any atom is 0.263 e. The van der Waals surface area contributed by atoms with Gasteiger partial charge in [0.05, 0.1) is 17.6 Å². The average molecular weight is 478 g/mol. The number of likely N-dealkylation sites (N-methyl/N-ethyl adjacent to an activating group) is 1. The normalized spacial score (nSPS) is 15.1. The quantitative estimate of drug-likeness (QED) is 0.495. The zero-order valence-electron chi connectivity index (χ0n) is 19.9. The van der Waals surface area contributed by atoms with Gasteiger partial charge in [0.25, 0.3) is 11.8 Å². The first-order chi connectivity index (χ1) is 16.5. The van der Waals surface area contributed by atoms with E-state index in [9.17, 15) is 9.59 Å². The average Bonchev–Trinajstić information content (AvgIpc) is 3.33. The number of ether oxygens (including phenoxy) is 1. The predicted molar refractivity (Wildman–Crippen MR) is 134 cm³/mol. The van der Waals surface area contributed by atoms with Crippen molar-refractivity contribution in [2.24, 2.45) is 5.92 Å². The Labute approximate surface area is 205 Å². The van der Waals surface area contributed by atoms with Crippen LogP contribution >= 0.6 is 11.3 Å². The number of carbonyl (C=O) groups excluding carboxylic acids is 2. The minimum Gasteiger partial charge on any atom is -0.497 e. The fraction of sp³-hybridized carbons (Fsp3) is 0.370. The molecule has 0 bridgehead atoms. The zero-order chi connectivity index (χ0) is 24.1. The number of piperidine rings is 1. The van der Waals surface area contributed by atoms with E-state index in [0.29, 0.717) is 18.7 Å². The summed E-state index contributed by atoms with van der Waals surface area (Å²) in [5.74, 6) is 1.17. The Kier molecular flexibility index (Phi) is 7.63. The lowest BCUT2D eigenvalue weighted by Gasteiger charge is -2.40. The van der Waals surface area contributed by atoms with Crippen molar-refractivity contribution in [3.8, 4) is 5.75 Å². The van der Waals surface area contributed by atoms with Gasteiger partial charge in [-0.25, -0.2) is 0 Å². The van der Waals surface area contributed by atoms with Crippen molar-refractivity contribution >= 4 is 23.2 Å². The van der Waals surface area contributed by atoms with Crippen LogP contribution in [0.3, 0.4) is 0 Å². The van der Waals surface area contributed by atoms with Crippen LogP contribution in [-0.2, 0) is 6.42 Å². The second-order valence-corrected chi connectivity index (χ2v) is 10.1. The summed E-state index contributed by atoms with van der Waals surface area (Å²) in [6.07, 6.45) is 5.73. The summed E-state index contributed by atoms with van der Waals surface area (Å²) in [7, 11) is 3.54. The van der Waals surface area contributed by atoms with Crippen LogP contribution in [-0.4, -0.2) is 59.9 Å². The number of benzene rings is 1. The van der Waals surface area contributed by atoms with Crippen LogP contribution in [0.15, 0.2) is 60.9 Å². The monoisotopic (exact) mass is 477 g/mol. The molecule has 0 unspecified atom stereocenters. The van der Waals surface area contributed by atoms with Crippen molar-refractivity contribution in [1.82, 2.24) is 14.8 Å². The van der Waals surface area contributed by atoms with Crippen molar-refractivity contribution in [3.05, 3.63) is 81.8 Å². The van der Waals surface area contributed by atoms with Crippen LogP contribution in [0.25, 0.3) is 0 Å². The third-order valence-corrected chi connectivity index (χ3v) is 7.62. The second-order valence-electron chi connectivity index (χ2n) is 8.82. The van der Waals surface area contributed by atoms with Gasteiger partial charge in [-0.2, -0.15) is 0 Å². The maximum atomic E-state index is 13.3. The summed E-state index contributed by atoms with van der Waals surface area (Å²) in [6, 6.07) is 15.5. The lowest BCUT2D eigenvalue weighted by Crippen LogP contribution is -2.48. The molecule has 4 rings (SSSR count). The van der Waals surface area contributed by atoms with E-state index in [1.807, 2.05) is 54.1 Å². The molecule has 7 heteroatoms. The number of likely N-dealkylation sites (tertiary alicyclic amines) is 1. The number of aryl methyl sites for hydroxylation is 1. The number of hydrogen-bond acceptors (Lipinski definition) is 5. The highest BCUT2D eigenvalue weighted by atomic mass is 32.1. The van der Waals surface area contributed by atoms with Crippen LogP contribution in [0.5, 0.6) is 5.75 Å². The molecule has 1 saturated heterocycles. The third kappa shape index (κ3) is 5.47. The lowest BCUT2D eigenvalue weighted by molar-refractivity contribution is 0.0524.